The SMILES string of the molecule is Cc1cc(OC(C)C)nc(NC(C)c2cccs2)n1. The lowest BCUT2D eigenvalue weighted by Crippen LogP contribution is -2.12. The van der Waals surface area contributed by atoms with E-state index in [1.54, 1.807) is 11.3 Å². The number of hydrogen-bond acceptors (Lipinski definition) is 5. The Morgan fingerprint density at radius 2 is 2.05 bits per heavy atom. The molecule has 0 aliphatic carbocycles. The number of nitrogens with zero attached hydrogens (tertiary/aromatic N) is 2. The molecule has 0 spiro atoms. The highest BCUT2D eigenvalue weighted by atomic mass is 32.1. The summed E-state index contributed by atoms with van der Waals surface area (Å²) in [4.78, 5) is 10.0. The first-order valence-corrected chi connectivity index (χ1v) is 7.25. The van der Waals surface area contributed by atoms with Crippen molar-refractivity contribution < 1.29 is 4.74 Å². The summed E-state index contributed by atoms with van der Waals surface area (Å²) in [5.74, 6) is 1.22. The minimum Gasteiger partial charge on any atom is -0.475 e. The van der Waals surface area contributed by atoms with Crippen molar-refractivity contribution in [1.82, 2.24) is 9.97 Å². The Morgan fingerprint density at radius 3 is 2.68 bits per heavy atom. The summed E-state index contributed by atoms with van der Waals surface area (Å²) < 4.78 is 5.62. The molecular formula is C14H19N3OS. The van der Waals surface area contributed by atoms with Crippen LogP contribution in [0.5, 0.6) is 5.88 Å². The monoisotopic (exact) mass is 277 g/mol. The average molecular weight is 277 g/mol. The molecule has 1 unspecified atom stereocenters. The number of hydrogen-bond donors (Lipinski definition) is 1. The summed E-state index contributed by atoms with van der Waals surface area (Å²) >= 11 is 1.72. The van der Waals surface area contributed by atoms with Crippen LogP contribution >= 0.6 is 11.3 Å². The van der Waals surface area contributed by atoms with Crippen LogP contribution in [0.2, 0.25) is 0 Å². The van der Waals surface area contributed by atoms with E-state index in [1.807, 2.05) is 32.9 Å². The van der Waals surface area contributed by atoms with Gasteiger partial charge in [0.05, 0.1) is 12.1 Å². The first kappa shape index (κ1) is 13.8. The summed E-state index contributed by atoms with van der Waals surface area (Å²) in [6, 6.07) is 6.18. The Bertz CT molecular complexity index is 525. The highest BCUT2D eigenvalue weighted by Gasteiger charge is 2.10. The van der Waals surface area contributed by atoms with E-state index < -0.39 is 0 Å². The summed E-state index contributed by atoms with van der Waals surface area (Å²) in [5.41, 5.74) is 0.895. The van der Waals surface area contributed by atoms with E-state index in [0.717, 1.165) is 5.69 Å². The van der Waals surface area contributed by atoms with Crippen LogP contribution in [0, 0.1) is 6.92 Å². The largest absolute Gasteiger partial charge is 0.475 e. The second-order valence-corrected chi connectivity index (χ2v) is 5.70. The third kappa shape index (κ3) is 3.92. The van der Waals surface area contributed by atoms with Crippen LogP contribution in [-0.4, -0.2) is 16.1 Å². The molecule has 0 radical (unpaired) electrons. The maximum atomic E-state index is 5.62. The van der Waals surface area contributed by atoms with Crippen LogP contribution < -0.4 is 10.1 Å². The van der Waals surface area contributed by atoms with Gasteiger partial charge in [-0.25, -0.2) is 4.98 Å². The number of rotatable bonds is 5. The van der Waals surface area contributed by atoms with E-state index >= 15 is 0 Å². The molecule has 2 aromatic rings. The molecule has 2 rings (SSSR count). The molecule has 4 nitrogen and oxygen atoms in total. The molecule has 2 heterocycles. The summed E-state index contributed by atoms with van der Waals surface area (Å²) in [5, 5.41) is 5.37. The van der Waals surface area contributed by atoms with Gasteiger partial charge in [0.2, 0.25) is 11.8 Å². The predicted octanol–water partition coefficient (Wildman–Crippen LogP) is 3.81. The zero-order chi connectivity index (χ0) is 13.8. The van der Waals surface area contributed by atoms with Crippen molar-refractivity contribution in [2.45, 2.75) is 39.8 Å². The number of aromatic nitrogens is 2. The van der Waals surface area contributed by atoms with Gasteiger partial charge >= 0.3 is 0 Å². The quantitative estimate of drug-likeness (QED) is 0.903. The van der Waals surface area contributed by atoms with Crippen molar-refractivity contribution in [1.29, 1.82) is 0 Å². The van der Waals surface area contributed by atoms with E-state index in [-0.39, 0.29) is 12.1 Å². The molecule has 0 saturated carbocycles. The molecule has 1 N–H and O–H groups in total. The lowest BCUT2D eigenvalue weighted by molar-refractivity contribution is 0.232. The first-order valence-electron chi connectivity index (χ1n) is 6.37. The van der Waals surface area contributed by atoms with Crippen molar-refractivity contribution in [3.63, 3.8) is 0 Å². The summed E-state index contributed by atoms with van der Waals surface area (Å²) in [6.45, 7) is 8.01. The molecule has 0 amide bonds. The van der Waals surface area contributed by atoms with Crippen LogP contribution in [0.15, 0.2) is 23.6 Å². The van der Waals surface area contributed by atoms with Gasteiger partial charge in [0, 0.05) is 16.6 Å². The maximum Gasteiger partial charge on any atom is 0.226 e. The van der Waals surface area contributed by atoms with E-state index in [2.05, 4.69) is 33.7 Å². The highest BCUT2D eigenvalue weighted by Crippen LogP contribution is 2.22. The average Bonchev–Trinajstić information content (AvgIpc) is 2.79. The fourth-order valence-electron chi connectivity index (χ4n) is 1.71. The van der Waals surface area contributed by atoms with E-state index in [0.29, 0.717) is 11.8 Å². The second-order valence-electron chi connectivity index (χ2n) is 4.72. The number of anilines is 1. The molecule has 2 aromatic heterocycles. The van der Waals surface area contributed by atoms with Crippen molar-refractivity contribution in [2.24, 2.45) is 0 Å². The Kier molecular flexibility index (Phi) is 4.37. The third-order valence-corrected chi connectivity index (χ3v) is 3.56. The van der Waals surface area contributed by atoms with Crippen molar-refractivity contribution in [2.75, 3.05) is 5.32 Å². The number of aryl methyl sites for hydroxylation is 1. The van der Waals surface area contributed by atoms with Crippen LogP contribution in [-0.2, 0) is 0 Å². The fourth-order valence-corrected chi connectivity index (χ4v) is 2.44. The number of nitrogens with one attached hydrogen (secondary N) is 1. The Balaban J connectivity index is 2.13. The molecule has 0 aliphatic rings. The molecule has 0 bridgehead atoms. The van der Waals surface area contributed by atoms with Gasteiger partial charge in [-0.3, -0.25) is 0 Å². The molecule has 5 heteroatoms. The normalized spacial score (nSPS) is 12.5. The second kappa shape index (κ2) is 6.02. The predicted molar refractivity (Wildman–Crippen MR) is 78.9 cm³/mol. The molecule has 0 fully saturated rings. The van der Waals surface area contributed by atoms with E-state index in [9.17, 15) is 0 Å². The summed E-state index contributed by atoms with van der Waals surface area (Å²) in [7, 11) is 0. The maximum absolute atomic E-state index is 5.62. The molecule has 0 aliphatic heterocycles. The minimum absolute atomic E-state index is 0.108. The molecule has 0 aromatic carbocycles. The van der Waals surface area contributed by atoms with E-state index in [4.69, 9.17) is 4.74 Å². The highest BCUT2D eigenvalue weighted by molar-refractivity contribution is 7.10. The number of thiophene rings is 1. The van der Waals surface area contributed by atoms with Gasteiger partial charge in [0.25, 0.3) is 0 Å². The minimum atomic E-state index is 0.108. The van der Waals surface area contributed by atoms with Crippen LogP contribution in [0.25, 0.3) is 0 Å². The topological polar surface area (TPSA) is 47.0 Å². The van der Waals surface area contributed by atoms with Gasteiger partial charge in [-0.1, -0.05) is 6.07 Å². The Morgan fingerprint density at radius 1 is 1.26 bits per heavy atom. The fraction of sp³-hybridized carbons (Fsp3) is 0.429. The molecule has 1 atom stereocenters. The molecule has 19 heavy (non-hydrogen) atoms. The van der Waals surface area contributed by atoms with Crippen LogP contribution in [0.4, 0.5) is 5.95 Å². The number of ether oxygens (including phenoxy) is 1. The standard InChI is InChI=1S/C14H19N3OS/c1-9(2)18-13-8-10(3)15-14(17-13)16-11(4)12-6-5-7-19-12/h5-9,11H,1-4H3,(H,15,16,17). The van der Waals surface area contributed by atoms with Gasteiger partial charge in [0.1, 0.15) is 0 Å². The molecule has 102 valence electrons. The van der Waals surface area contributed by atoms with E-state index in [1.165, 1.54) is 4.88 Å². The lowest BCUT2D eigenvalue weighted by Gasteiger charge is -2.14. The molecular weight excluding hydrogens is 258 g/mol. The zero-order valence-electron chi connectivity index (χ0n) is 11.7. The van der Waals surface area contributed by atoms with Crippen molar-refractivity contribution in [3.05, 3.63) is 34.2 Å². The third-order valence-electron chi connectivity index (χ3n) is 2.50. The van der Waals surface area contributed by atoms with Crippen LogP contribution in [0.1, 0.15) is 37.4 Å². The van der Waals surface area contributed by atoms with Gasteiger partial charge in [-0.2, -0.15) is 4.98 Å². The zero-order valence-corrected chi connectivity index (χ0v) is 12.5. The summed E-state index contributed by atoms with van der Waals surface area (Å²) in [6.07, 6.45) is 0.108. The van der Waals surface area contributed by atoms with Gasteiger partial charge < -0.3 is 10.1 Å². The van der Waals surface area contributed by atoms with Gasteiger partial charge in [0.15, 0.2) is 0 Å². The Hall–Kier alpha value is -1.62. The van der Waals surface area contributed by atoms with Crippen molar-refractivity contribution in [3.8, 4) is 5.88 Å². The molecule has 0 saturated heterocycles. The first-order chi connectivity index (χ1) is 9.04. The van der Waals surface area contributed by atoms with Crippen molar-refractivity contribution >= 4 is 17.3 Å². The van der Waals surface area contributed by atoms with Gasteiger partial charge in [-0.05, 0) is 39.1 Å². The van der Waals surface area contributed by atoms with Gasteiger partial charge in [-0.15, -0.1) is 11.3 Å². The Labute approximate surface area is 117 Å². The lowest BCUT2D eigenvalue weighted by atomic mass is 10.3. The smallest absolute Gasteiger partial charge is 0.226 e. The van der Waals surface area contributed by atoms with Crippen LogP contribution in [0.3, 0.4) is 0 Å².